The molecule has 4 heteroatoms. The van der Waals surface area contributed by atoms with Crippen LogP contribution < -0.4 is 11.1 Å². The Morgan fingerprint density at radius 3 is 2.50 bits per heavy atom. The van der Waals surface area contributed by atoms with Gasteiger partial charge < -0.3 is 16.2 Å². The molecule has 1 atom stereocenters. The fourth-order valence-corrected chi connectivity index (χ4v) is 1.53. The topological polar surface area (TPSA) is 75.4 Å². The molecular weight excluding hydrogens is 228 g/mol. The van der Waals surface area contributed by atoms with Crippen molar-refractivity contribution in [1.82, 2.24) is 5.32 Å². The average molecular weight is 250 g/mol. The summed E-state index contributed by atoms with van der Waals surface area (Å²) in [5, 5.41) is 12.0. The van der Waals surface area contributed by atoms with Crippen LogP contribution in [0.1, 0.15) is 25.8 Å². The van der Waals surface area contributed by atoms with Gasteiger partial charge in [0.2, 0.25) is 5.91 Å². The summed E-state index contributed by atoms with van der Waals surface area (Å²) in [6.07, 6.45) is 1.12. The van der Waals surface area contributed by atoms with Gasteiger partial charge in [-0.1, -0.05) is 26.0 Å². The summed E-state index contributed by atoms with van der Waals surface area (Å²) in [6.45, 7) is 4.61. The van der Waals surface area contributed by atoms with Gasteiger partial charge in [0.1, 0.15) is 5.75 Å². The third-order valence-electron chi connectivity index (χ3n) is 2.95. The minimum Gasteiger partial charge on any atom is -0.508 e. The van der Waals surface area contributed by atoms with E-state index in [1.807, 2.05) is 26.0 Å². The molecule has 0 saturated carbocycles. The number of carbonyl (C=O) groups is 1. The summed E-state index contributed by atoms with van der Waals surface area (Å²) in [5.74, 6) is 0.563. The monoisotopic (exact) mass is 250 g/mol. The number of carbonyl (C=O) groups excluding carboxylic acids is 1. The molecule has 0 aromatic heterocycles. The SMILES string of the molecule is CC(C)C(N)CC(=O)NCCc1ccc(O)cc1. The van der Waals surface area contributed by atoms with E-state index in [1.165, 1.54) is 0 Å². The fraction of sp³-hybridized carbons (Fsp3) is 0.500. The van der Waals surface area contributed by atoms with E-state index >= 15 is 0 Å². The van der Waals surface area contributed by atoms with Crippen molar-refractivity contribution >= 4 is 5.91 Å². The van der Waals surface area contributed by atoms with Gasteiger partial charge in [-0.25, -0.2) is 0 Å². The number of nitrogens with one attached hydrogen (secondary N) is 1. The number of benzene rings is 1. The standard InChI is InChI=1S/C14H22N2O2/c1-10(2)13(15)9-14(18)16-8-7-11-3-5-12(17)6-4-11/h3-6,10,13,17H,7-9,15H2,1-2H3,(H,16,18). The number of aromatic hydroxyl groups is 1. The Kier molecular flexibility index (Phi) is 5.65. The lowest BCUT2D eigenvalue weighted by atomic mass is 10.0. The van der Waals surface area contributed by atoms with Crippen molar-refractivity contribution in [2.24, 2.45) is 11.7 Å². The number of hydrogen-bond acceptors (Lipinski definition) is 3. The summed E-state index contributed by atoms with van der Waals surface area (Å²) >= 11 is 0. The molecule has 1 unspecified atom stereocenters. The third kappa shape index (κ3) is 5.19. The zero-order valence-corrected chi connectivity index (χ0v) is 11.0. The van der Waals surface area contributed by atoms with Gasteiger partial charge in [0.25, 0.3) is 0 Å². The first-order valence-corrected chi connectivity index (χ1v) is 6.29. The van der Waals surface area contributed by atoms with E-state index in [0.717, 1.165) is 12.0 Å². The van der Waals surface area contributed by atoms with Gasteiger partial charge in [-0.05, 0) is 30.0 Å². The van der Waals surface area contributed by atoms with Crippen LogP contribution in [0.2, 0.25) is 0 Å². The van der Waals surface area contributed by atoms with Crippen LogP contribution in [0.3, 0.4) is 0 Å². The molecule has 4 nitrogen and oxygen atoms in total. The van der Waals surface area contributed by atoms with Gasteiger partial charge in [0.05, 0.1) is 0 Å². The quantitative estimate of drug-likeness (QED) is 0.715. The maximum atomic E-state index is 11.6. The molecule has 0 aliphatic heterocycles. The highest BCUT2D eigenvalue weighted by atomic mass is 16.3. The summed E-state index contributed by atoms with van der Waals surface area (Å²) in [5.41, 5.74) is 6.91. The highest BCUT2D eigenvalue weighted by molar-refractivity contribution is 5.76. The first-order chi connectivity index (χ1) is 8.49. The lowest BCUT2D eigenvalue weighted by Gasteiger charge is -2.14. The Balaban J connectivity index is 2.25. The zero-order chi connectivity index (χ0) is 13.5. The van der Waals surface area contributed by atoms with Gasteiger partial charge in [-0.3, -0.25) is 4.79 Å². The van der Waals surface area contributed by atoms with Crippen LogP contribution in [-0.4, -0.2) is 23.6 Å². The minimum atomic E-state index is -0.0846. The van der Waals surface area contributed by atoms with Crippen molar-refractivity contribution in [3.8, 4) is 5.75 Å². The van der Waals surface area contributed by atoms with Crippen molar-refractivity contribution in [1.29, 1.82) is 0 Å². The molecule has 100 valence electrons. The van der Waals surface area contributed by atoms with Crippen molar-refractivity contribution in [2.45, 2.75) is 32.7 Å². The first kappa shape index (κ1) is 14.5. The number of phenols is 1. The second kappa shape index (κ2) is 7.01. The highest BCUT2D eigenvalue weighted by Gasteiger charge is 2.12. The van der Waals surface area contributed by atoms with E-state index in [1.54, 1.807) is 12.1 Å². The van der Waals surface area contributed by atoms with Crippen LogP contribution in [0, 0.1) is 5.92 Å². The lowest BCUT2D eigenvalue weighted by molar-refractivity contribution is -0.121. The van der Waals surface area contributed by atoms with Gasteiger partial charge >= 0.3 is 0 Å². The van der Waals surface area contributed by atoms with Crippen molar-refractivity contribution in [3.63, 3.8) is 0 Å². The van der Waals surface area contributed by atoms with Crippen molar-refractivity contribution in [3.05, 3.63) is 29.8 Å². The zero-order valence-electron chi connectivity index (χ0n) is 11.0. The molecule has 0 saturated heterocycles. The maximum Gasteiger partial charge on any atom is 0.221 e. The Morgan fingerprint density at radius 2 is 1.94 bits per heavy atom. The first-order valence-electron chi connectivity index (χ1n) is 6.29. The van der Waals surface area contributed by atoms with Crippen molar-refractivity contribution in [2.75, 3.05) is 6.54 Å². The van der Waals surface area contributed by atoms with Crippen LogP contribution in [0.25, 0.3) is 0 Å². The molecule has 0 heterocycles. The molecule has 0 aliphatic carbocycles. The Morgan fingerprint density at radius 1 is 1.33 bits per heavy atom. The molecule has 0 fully saturated rings. The van der Waals surface area contributed by atoms with Gasteiger partial charge in [0.15, 0.2) is 0 Å². The predicted molar refractivity (Wildman–Crippen MR) is 72.3 cm³/mol. The van der Waals surface area contributed by atoms with Gasteiger partial charge in [-0.15, -0.1) is 0 Å². The number of hydrogen-bond donors (Lipinski definition) is 3. The normalized spacial score (nSPS) is 12.4. The average Bonchev–Trinajstić information content (AvgIpc) is 2.31. The fourth-order valence-electron chi connectivity index (χ4n) is 1.53. The molecule has 18 heavy (non-hydrogen) atoms. The summed E-state index contributed by atoms with van der Waals surface area (Å²) < 4.78 is 0. The Hall–Kier alpha value is -1.55. The van der Waals surface area contributed by atoms with Crippen molar-refractivity contribution < 1.29 is 9.90 Å². The highest BCUT2D eigenvalue weighted by Crippen LogP contribution is 2.09. The maximum absolute atomic E-state index is 11.6. The molecule has 0 spiro atoms. The van der Waals surface area contributed by atoms with E-state index in [2.05, 4.69) is 5.32 Å². The second-order valence-electron chi connectivity index (χ2n) is 4.88. The molecule has 1 aromatic rings. The molecule has 1 amide bonds. The van der Waals surface area contributed by atoms with E-state index in [-0.39, 0.29) is 17.7 Å². The van der Waals surface area contributed by atoms with Crippen LogP contribution in [-0.2, 0) is 11.2 Å². The van der Waals surface area contributed by atoms with E-state index in [4.69, 9.17) is 10.8 Å². The third-order valence-corrected chi connectivity index (χ3v) is 2.95. The smallest absolute Gasteiger partial charge is 0.221 e. The van der Waals surface area contributed by atoms with E-state index in [9.17, 15) is 4.79 Å². The largest absolute Gasteiger partial charge is 0.508 e. The predicted octanol–water partition coefficient (Wildman–Crippen LogP) is 1.42. The molecule has 0 radical (unpaired) electrons. The van der Waals surface area contributed by atoms with Gasteiger partial charge in [-0.2, -0.15) is 0 Å². The second-order valence-corrected chi connectivity index (χ2v) is 4.88. The van der Waals surface area contributed by atoms with E-state index < -0.39 is 0 Å². The minimum absolute atomic E-state index is 0.00465. The molecule has 1 rings (SSSR count). The Labute approximate surface area is 108 Å². The number of phenolic OH excluding ortho intramolecular Hbond substituents is 1. The molecule has 0 bridgehead atoms. The summed E-state index contributed by atoms with van der Waals surface area (Å²) in [4.78, 5) is 11.6. The summed E-state index contributed by atoms with van der Waals surface area (Å²) in [6, 6.07) is 6.90. The number of amides is 1. The van der Waals surface area contributed by atoms with E-state index in [0.29, 0.717) is 18.9 Å². The number of nitrogens with two attached hydrogens (primary N) is 1. The lowest BCUT2D eigenvalue weighted by Crippen LogP contribution is -2.35. The Bertz CT molecular complexity index is 374. The van der Waals surface area contributed by atoms with Gasteiger partial charge in [0, 0.05) is 19.0 Å². The molecule has 0 aliphatic rings. The number of rotatable bonds is 6. The van der Waals surface area contributed by atoms with Crippen LogP contribution in [0.4, 0.5) is 0 Å². The summed E-state index contributed by atoms with van der Waals surface area (Å²) in [7, 11) is 0. The molecule has 4 N–H and O–H groups in total. The van der Waals surface area contributed by atoms with Crippen LogP contribution >= 0.6 is 0 Å². The van der Waals surface area contributed by atoms with Crippen LogP contribution in [0.15, 0.2) is 24.3 Å². The molecular formula is C14H22N2O2. The van der Waals surface area contributed by atoms with Crippen LogP contribution in [0.5, 0.6) is 5.75 Å². The molecule has 1 aromatic carbocycles.